The van der Waals surface area contributed by atoms with Gasteiger partial charge in [0.15, 0.2) is 0 Å². The number of fused-ring (bicyclic) bond motifs is 1. The molecule has 3 rings (SSSR count). The van der Waals surface area contributed by atoms with Crippen molar-refractivity contribution in [2.24, 2.45) is 4.99 Å². The molecular weight excluding hydrogens is 212 g/mol. The van der Waals surface area contributed by atoms with Crippen LogP contribution in [-0.4, -0.2) is 11.1 Å². The highest BCUT2D eigenvalue weighted by Crippen LogP contribution is 2.21. The van der Waals surface area contributed by atoms with Crippen molar-refractivity contribution in [2.45, 2.75) is 6.54 Å². The van der Waals surface area contributed by atoms with E-state index in [0.29, 0.717) is 0 Å². The van der Waals surface area contributed by atoms with Crippen molar-refractivity contribution >= 4 is 17.2 Å². The van der Waals surface area contributed by atoms with Crippen LogP contribution in [0.5, 0.6) is 0 Å². The fourth-order valence-corrected chi connectivity index (χ4v) is 1.90. The van der Waals surface area contributed by atoms with Crippen LogP contribution in [0.2, 0.25) is 0 Å². The second-order valence-electron chi connectivity index (χ2n) is 3.87. The first kappa shape index (κ1) is 9.90. The number of allylic oxidation sites excluding steroid dienone is 1. The van der Waals surface area contributed by atoms with E-state index in [0.717, 1.165) is 17.5 Å². The fraction of sp³-hybridized carbons (Fsp3) is 0.0714. The second kappa shape index (κ2) is 4.29. The van der Waals surface area contributed by atoms with Crippen molar-refractivity contribution < 1.29 is 4.42 Å². The van der Waals surface area contributed by atoms with Gasteiger partial charge in [-0.1, -0.05) is 18.2 Å². The molecule has 1 aromatic carbocycles. The lowest BCUT2D eigenvalue weighted by Crippen LogP contribution is -2.08. The van der Waals surface area contributed by atoms with E-state index in [1.54, 1.807) is 18.7 Å². The van der Waals surface area contributed by atoms with Gasteiger partial charge >= 0.3 is 0 Å². The Morgan fingerprint density at radius 1 is 1.18 bits per heavy atom. The van der Waals surface area contributed by atoms with Crippen LogP contribution >= 0.6 is 0 Å². The smallest absolute Gasteiger partial charge is 0.138 e. The Hall–Kier alpha value is -2.29. The van der Waals surface area contributed by atoms with Gasteiger partial charge in [0.2, 0.25) is 0 Å². The lowest BCUT2D eigenvalue weighted by molar-refractivity contribution is 0.496. The highest BCUT2D eigenvalue weighted by atomic mass is 16.3. The van der Waals surface area contributed by atoms with Gasteiger partial charge in [-0.05, 0) is 12.1 Å². The first-order chi connectivity index (χ1) is 8.43. The fourth-order valence-electron chi connectivity index (χ4n) is 1.90. The zero-order valence-corrected chi connectivity index (χ0v) is 9.28. The normalized spacial score (nSPS) is 14.5. The highest BCUT2D eigenvalue weighted by Gasteiger charge is 2.06. The van der Waals surface area contributed by atoms with Gasteiger partial charge in [0, 0.05) is 35.8 Å². The molecule has 0 radical (unpaired) electrons. The number of furan rings is 1. The first-order valence-corrected chi connectivity index (χ1v) is 5.51. The second-order valence-corrected chi connectivity index (χ2v) is 3.87. The van der Waals surface area contributed by atoms with E-state index in [9.17, 15) is 0 Å². The van der Waals surface area contributed by atoms with Crippen molar-refractivity contribution in [1.29, 1.82) is 0 Å². The van der Waals surface area contributed by atoms with E-state index in [4.69, 9.17) is 4.42 Å². The van der Waals surface area contributed by atoms with Gasteiger partial charge in [0.25, 0.3) is 0 Å². The Bertz CT molecular complexity index is 591. The lowest BCUT2D eigenvalue weighted by Gasteiger charge is -2.14. The Morgan fingerprint density at radius 3 is 3.18 bits per heavy atom. The summed E-state index contributed by atoms with van der Waals surface area (Å²) in [6.45, 7) is 0.779. The maximum Gasteiger partial charge on any atom is 0.138 e. The van der Waals surface area contributed by atoms with Gasteiger partial charge in [-0.3, -0.25) is 4.99 Å². The Morgan fingerprint density at radius 2 is 2.18 bits per heavy atom. The monoisotopic (exact) mass is 224 g/mol. The van der Waals surface area contributed by atoms with Crippen molar-refractivity contribution in [3.8, 4) is 0 Å². The summed E-state index contributed by atoms with van der Waals surface area (Å²) in [4.78, 5) is 6.13. The van der Waals surface area contributed by atoms with Gasteiger partial charge in [0.05, 0.1) is 12.8 Å². The Balaban J connectivity index is 1.92. The highest BCUT2D eigenvalue weighted by molar-refractivity contribution is 5.80. The van der Waals surface area contributed by atoms with Gasteiger partial charge < -0.3 is 9.32 Å². The SMILES string of the molecule is C1=CN(Cc2cccc3ccoc23)C=CN=C1. The van der Waals surface area contributed by atoms with Gasteiger partial charge in [-0.2, -0.15) is 0 Å². The van der Waals surface area contributed by atoms with E-state index in [2.05, 4.69) is 28.1 Å². The zero-order valence-electron chi connectivity index (χ0n) is 9.28. The molecule has 0 amide bonds. The zero-order chi connectivity index (χ0) is 11.5. The van der Waals surface area contributed by atoms with Crippen molar-refractivity contribution in [3.05, 3.63) is 60.8 Å². The minimum absolute atomic E-state index is 0.779. The summed E-state index contributed by atoms with van der Waals surface area (Å²) in [7, 11) is 0. The molecule has 0 unspecified atom stereocenters. The molecule has 3 nitrogen and oxygen atoms in total. The molecule has 0 bridgehead atoms. The predicted molar refractivity (Wildman–Crippen MR) is 68.5 cm³/mol. The summed E-state index contributed by atoms with van der Waals surface area (Å²) in [6.07, 6.45) is 11.1. The van der Waals surface area contributed by atoms with Crippen LogP contribution in [0.4, 0.5) is 0 Å². The first-order valence-electron chi connectivity index (χ1n) is 5.51. The third-order valence-electron chi connectivity index (χ3n) is 2.71. The molecular formula is C14H12N2O. The van der Waals surface area contributed by atoms with Gasteiger partial charge in [-0.25, -0.2) is 0 Å². The molecule has 1 aliphatic rings. The molecule has 3 heteroatoms. The molecule has 2 heterocycles. The van der Waals surface area contributed by atoms with E-state index in [1.807, 2.05) is 24.5 Å². The third kappa shape index (κ3) is 1.99. The predicted octanol–water partition coefficient (Wildman–Crippen LogP) is 3.30. The number of nitrogens with zero attached hydrogens (tertiary/aromatic N) is 2. The average Bonchev–Trinajstić information content (AvgIpc) is 2.69. The molecule has 1 aromatic heterocycles. The summed E-state index contributed by atoms with van der Waals surface area (Å²) in [5.74, 6) is 0. The number of hydrogen-bond donors (Lipinski definition) is 0. The van der Waals surface area contributed by atoms with Crippen LogP contribution < -0.4 is 0 Å². The minimum Gasteiger partial charge on any atom is -0.464 e. The summed E-state index contributed by atoms with van der Waals surface area (Å²) in [5.41, 5.74) is 2.13. The van der Waals surface area contributed by atoms with Crippen LogP contribution in [0, 0.1) is 0 Å². The topological polar surface area (TPSA) is 28.7 Å². The van der Waals surface area contributed by atoms with E-state index >= 15 is 0 Å². The molecule has 0 N–H and O–H groups in total. The van der Waals surface area contributed by atoms with Crippen LogP contribution in [-0.2, 0) is 6.54 Å². The molecule has 0 aliphatic carbocycles. The average molecular weight is 224 g/mol. The Kier molecular flexibility index (Phi) is 2.50. The maximum absolute atomic E-state index is 5.52. The van der Waals surface area contributed by atoms with Gasteiger partial charge in [-0.15, -0.1) is 0 Å². The summed E-state index contributed by atoms with van der Waals surface area (Å²) < 4.78 is 5.52. The van der Waals surface area contributed by atoms with Crippen LogP contribution in [0.25, 0.3) is 11.0 Å². The molecule has 0 atom stereocenters. The van der Waals surface area contributed by atoms with E-state index < -0.39 is 0 Å². The largest absolute Gasteiger partial charge is 0.464 e. The van der Waals surface area contributed by atoms with E-state index in [1.165, 1.54) is 5.56 Å². The van der Waals surface area contributed by atoms with Crippen LogP contribution in [0.3, 0.4) is 0 Å². The molecule has 0 saturated carbocycles. The molecule has 0 saturated heterocycles. The minimum atomic E-state index is 0.779. The van der Waals surface area contributed by atoms with E-state index in [-0.39, 0.29) is 0 Å². The van der Waals surface area contributed by atoms with Crippen molar-refractivity contribution in [2.75, 3.05) is 0 Å². The summed E-state index contributed by atoms with van der Waals surface area (Å²) in [6, 6.07) is 8.17. The lowest BCUT2D eigenvalue weighted by atomic mass is 10.1. The van der Waals surface area contributed by atoms with Crippen molar-refractivity contribution in [3.63, 3.8) is 0 Å². The molecule has 0 fully saturated rings. The number of para-hydroxylation sites is 1. The quantitative estimate of drug-likeness (QED) is 0.783. The molecule has 1 aliphatic heterocycles. The molecule has 17 heavy (non-hydrogen) atoms. The Labute approximate surface area is 99.4 Å². The van der Waals surface area contributed by atoms with Crippen LogP contribution in [0.1, 0.15) is 5.56 Å². The standard InChI is InChI=1S/C14H12N2O/c1-3-12-5-10-17-14(12)13(4-1)11-16-8-2-6-15-7-9-16/h1-10H,11H2. The van der Waals surface area contributed by atoms with Crippen LogP contribution in [0.15, 0.2) is 64.6 Å². The third-order valence-corrected chi connectivity index (χ3v) is 2.71. The number of hydrogen-bond acceptors (Lipinski definition) is 3. The number of aliphatic imine (C=N–C) groups is 1. The summed E-state index contributed by atoms with van der Waals surface area (Å²) in [5, 5.41) is 1.14. The molecule has 84 valence electrons. The van der Waals surface area contributed by atoms with Crippen molar-refractivity contribution in [1.82, 2.24) is 4.90 Å². The maximum atomic E-state index is 5.52. The van der Waals surface area contributed by atoms with Gasteiger partial charge in [0.1, 0.15) is 5.58 Å². The number of benzene rings is 1. The molecule has 0 spiro atoms. The number of rotatable bonds is 2. The molecule has 2 aromatic rings. The summed E-state index contributed by atoms with van der Waals surface area (Å²) >= 11 is 0.